The summed E-state index contributed by atoms with van der Waals surface area (Å²) in [5, 5.41) is 12.3. The van der Waals surface area contributed by atoms with Gasteiger partial charge in [-0.3, -0.25) is 14.4 Å². The van der Waals surface area contributed by atoms with E-state index < -0.39 is 17.8 Å². The maximum Gasteiger partial charge on any atom is 0.307 e. The molecule has 0 aromatic heterocycles. The minimum atomic E-state index is -0.950. The van der Waals surface area contributed by atoms with E-state index in [9.17, 15) is 19.5 Å². The van der Waals surface area contributed by atoms with E-state index in [0.717, 1.165) is 0 Å². The highest BCUT2D eigenvalue weighted by Crippen LogP contribution is 2.33. The molecule has 1 heterocycles. The van der Waals surface area contributed by atoms with Crippen molar-refractivity contribution in [2.75, 3.05) is 31.6 Å². The molecule has 1 aliphatic carbocycles. The van der Waals surface area contributed by atoms with Crippen molar-refractivity contribution in [3.8, 4) is 0 Å². The van der Waals surface area contributed by atoms with Gasteiger partial charge in [0.1, 0.15) is 0 Å². The molecule has 3 rings (SSSR count). The number of rotatable bonds is 5. The van der Waals surface area contributed by atoms with Crippen LogP contribution in [0.15, 0.2) is 36.4 Å². The molecule has 1 fully saturated rings. The van der Waals surface area contributed by atoms with Gasteiger partial charge in [-0.15, -0.1) is 0 Å². The zero-order valence-electron chi connectivity index (χ0n) is 16.0. The molecule has 1 aromatic rings. The molecule has 2 N–H and O–H groups in total. The first kappa shape index (κ1) is 20.1. The van der Waals surface area contributed by atoms with Crippen LogP contribution in [0.2, 0.25) is 0 Å². The Hall–Kier alpha value is -2.67. The van der Waals surface area contributed by atoms with Crippen molar-refractivity contribution in [2.24, 2.45) is 17.8 Å². The summed E-state index contributed by atoms with van der Waals surface area (Å²) in [6, 6.07) is 6.72. The number of anilines is 1. The molecule has 1 aliphatic heterocycles. The van der Waals surface area contributed by atoms with Gasteiger partial charge in [0, 0.05) is 24.3 Å². The molecular formula is C21H26N2O5. The Kier molecular flexibility index (Phi) is 6.46. The number of carbonyl (C=O) groups is 3. The van der Waals surface area contributed by atoms with Gasteiger partial charge < -0.3 is 20.1 Å². The second-order valence-electron chi connectivity index (χ2n) is 7.18. The van der Waals surface area contributed by atoms with Crippen LogP contribution in [0.25, 0.3) is 0 Å². The standard InChI is InChI=1S/C21H26N2O5/c1-2-14-4-3-5-17(21(26)27)18(14)19(24)22-16-8-6-15(7-9-16)20(25)23-10-12-28-13-11-23/h3-4,6-9,14,17-18H,2,5,10-13H2,1H3,(H,22,24)(H,26,27)/t14-,17-,18+/m1/s1. The summed E-state index contributed by atoms with van der Waals surface area (Å²) < 4.78 is 5.26. The maximum atomic E-state index is 12.8. The number of nitrogens with zero attached hydrogens (tertiary/aromatic N) is 1. The molecule has 0 radical (unpaired) electrons. The number of carbonyl (C=O) groups excluding carboxylic acids is 2. The highest BCUT2D eigenvalue weighted by atomic mass is 16.5. The third-order valence-electron chi connectivity index (χ3n) is 5.46. The van der Waals surface area contributed by atoms with Crippen LogP contribution >= 0.6 is 0 Å². The molecule has 0 unspecified atom stereocenters. The van der Waals surface area contributed by atoms with Gasteiger partial charge >= 0.3 is 5.97 Å². The number of morpholine rings is 1. The average Bonchev–Trinajstić information content (AvgIpc) is 2.73. The quantitative estimate of drug-likeness (QED) is 0.758. The molecule has 1 saturated heterocycles. The minimum absolute atomic E-state index is 0.0596. The molecule has 0 spiro atoms. The zero-order valence-corrected chi connectivity index (χ0v) is 16.0. The highest BCUT2D eigenvalue weighted by Gasteiger charge is 2.39. The Bertz CT molecular complexity index is 753. The number of amides is 2. The van der Waals surface area contributed by atoms with Crippen LogP contribution < -0.4 is 5.32 Å². The Labute approximate surface area is 164 Å². The van der Waals surface area contributed by atoms with E-state index in [1.807, 2.05) is 19.1 Å². The number of ether oxygens (including phenoxy) is 1. The van der Waals surface area contributed by atoms with Gasteiger partial charge in [-0.05, 0) is 43.0 Å². The van der Waals surface area contributed by atoms with Gasteiger partial charge in [-0.1, -0.05) is 19.1 Å². The maximum absolute atomic E-state index is 12.8. The zero-order chi connectivity index (χ0) is 20.1. The molecule has 7 nitrogen and oxygen atoms in total. The van der Waals surface area contributed by atoms with Crippen LogP contribution in [0.3, 0.4) is 0 Å². The molecule has 2 amide bonds. The van der Waals surface area contributed by atoms with E-state index >= 15 is 0 Å². The SMILES string of the molecule is CC[C@@H]1C=CC[C@@H](C(=O)O)[C@H]1C(=O)Nc1ccc(C(=O)N2CCOCC2)cc1. The van der Waals surface area contributed by atoms with Crippen LogP contribution in [0.4, 0.5) is 5.69 Å². The number of hydrogen-bond acceptors (Lipinski definition) is 4. The van der Waals surface area contributed by atoms with E-state index in [4.69, 9.17) is 4.74 Å². The highest BCUT2D eigenvalue weighted by molar-refractivity contribution is 5.97. The number of allylic oxidation sites excluding steroid dienone is 2. The number of aliphatic carboxylic acids is 1. The predicted molar refractivity (Wildman–Crippen MR) is 104 cm³/mol. The third-order valence-corrected chi connectivity index (χ3v) is 5.46. The lowest BCUT2D eigenvalue weighted by molar-refractivity contribution is -0.147. The second kappa shape index (κ2) is 9.01. The summed E-state index contributed by atoms with van der Waals surface area (Å²) in [4.78, 5) is 38.6. The Balaban J connectivity index is 1.68. The van der Waals surface area contributed by atoms with Crippen molar-refractivity contribution in [3.05, 3.63) is 42.0 Å². The lowest BCUT2D eigenvalue weighted by Gasteiger charge is -2.31. The summed E-state index contributed by atoms with van der Waals surface area (Å²) >= 11 is 0. The first-order chi connectivity index (χ1) is 13.5. The lowest BCUT2D eigenvalue weighted by Crippen LogP contribution is -2.40. The Morgan fingerprint density at radius 1 is 1.18 bits per heavy atom. The molecule has 150 valence electrons. The largest absolute Gasteiger partial charge is 0.481 e. The fourth-order valence-corrected chi connectivity index (χ4v) is 3.86. The Morgan fingerprint density at radius 3 is 2.46 bits per heavy atom. The van der Waals surface area contributed by atoms with Crippen molar-refractivity contribution in [1.29, 1.82) is 0 Å². The molecule has 3 atom stereocenters. The number of carboxylic acids is 1. The lowest BCUT2D eigenvalue weighted by atomic mass is 9.74. The van der Waals surface area contributed by atoms with E-state index in [1.165, 1.54) is 0 Å². The van der Waals surface area contributed by atoms with Crippen LogP contribution in [-0.4, -0.2) is 54.1 Å². The van der Waals surface area contributed by atoms with Crippen molar-refractivity contribution < 1.29 is 24.2 Å². The summed E-state index contributed by atoms with van der Waals surface area (Å²) in [7, 11) is 0. The molecule has 0 saturated carbocycles. The smallest absolute Gasteiger partial charge is 0.307 e. The van der Waals surface area contributed by atoms with E-state index in [-0.39, 0.29) is 17.7 Å². The number of benzene rings is 1. The number of hydrogen-bond donors (Lipinski definition) is 2. The van der Waals surface area contributed by atoms with Crippen molar-refractivity contribution >= 4 is 23.5 Å². The normalized spacial score (nSPS) is 24.6. The summed E-state index contributed by atoms with van der Waals surface area (Å²) in [6.45, 7) is 4.17. The average molecular weight is 386 g/mol. The monoisotopic (exact) mass is 386 g/mol. The fourth-order valence-electron chi connectivity index (χ4n) is 3.86. The number of nitrogens with one attached hydrogen (secondary N) is 1. The predicted octanol–water partition coefficient (Wildman–Crippen LogP) is 2.40. The molecule has 0 bridgehead atoms. The van der Waals surface area contributed by atoms with Gasteiger partial charge in [-0.2, -0.15) is 0 Å². The Morgan fingerprint density at radius 2 is 1.86 bits per heavy atom. The minimum Gasteiger partial charge on any atom is -0.481 e. The van der Waals surface area contributed by atoms with E-state index in [1.54, 1.807) is 29.2 Å². The summed E-state index contributed by atoms with van der Waals surface area (Å²) in [6.07, 6.45) is 4.85. The van der Waals surface area contributed by atoms with Crippen molar-refractivity contribution in [1.82, 2.24) is 4.90 Å². The second-order valence-corrected chi connectivity index (χ2v) is 7.18. The van der Waals surface area contributed by atoms with Crippen LogP contribution in [0.1, 0.15) is 30.1 Å². The first-order valence-electron chi connectivity index (χ1n) is 9.68. The summed E-state index contributed by atoms with van der Waals surface area (Å²) in [5.74, 6) is -2.74. The first-order valence-corrected chi connectivity index (χ1v) is 9.68. The van der Waals surface area contributed by atoms with Crippen LogP contribution in [0, 0.1) is 17.8 Å². The molecule has 28 heavy (non-hydrogen) atoms. The van der Waals surface area contributed by atoms with Gasteiger partial charge in [0.2, 0.25) is 5.91 Å². The van der Waals surface area contributed by atoms with E-state index in [0.29, 0.717) is 50.4 Å². The number of carboxylic acid groups (broad SMARTS) is 1. The molecule has 2 aliphatic rings. The summed E-state index contributed by atoms with van der Waals surface area (Å²) in [5.41, 5.74) is 1.10. The van der Waals surface area contributed by atoms with Crippen LogP contribution in [0.5, 0.6) is 0 Å². The van der Waals surface area contributed by atoms with Crippen molar-refractivity contribution in [3.63, 3.8) is 0 Å². The topological polar surface area (TPSA) is 95.9 Å². The van der Waals surface area contributed by atoms with Crippen LogP contribution in [-0.2, 0) is 14.3 Å². The van der Waals surface area contributed by atoms with Crippen molar-refractivity contribution in [2.45, 2.75) is 19.8 Å². The fraction of sp³-hybridized carbons (Fsp3) is 0.476. The van der Waals surface area contributed by atoms with Gasteiger partial charge in [0.25, 0.3) is 5.91 Å². The van der Waals surface area contributed by atoms with Gasteiger partial charge in [0.05, 0.1) is 25.0 Å². The van der Waals surface area contributed by atoms with E-state index in [2.05, 4.69) is 5.32 Å². The van der Waals surface area contributed by atoms with Gasteiger partial charge in [-0.25, -0.2) is 0 Å². The molecule has 1 aromatic carbocycles. The molecular weight excluding hydrogens is 360 g/mol. The third kappa shape index (κ3) is 4.42. The van der Waals surface area contributed by atoms with Gasteiger partial charge in [0.15, 0.2) is 0 Å². The molecule has 7 heteroatoms.